The molecule has 1 aromatic heterocycles. The molecule has 0 amide bonds. The second-order valence-electron chi connectivity index (χ2n) is 3.80. The minimum atomic E-state index is 0.302. The molecule has 0 radical (unpaired) electrons. The van der Waals surface area contributed by atoms with Gasteiger partial charge in [-0.3, -0.25) is 4.98 Å². The van der Waals surface area contributed by atoms with Gasteiger partial charge in [0.2, 0.25) is 0 Å². The molecular formula is C11H16N2O. The highest BCUT2D eigenvalue weighted by Crippen LogP contribution is 2.18. The van der Waals surface area contributed by atoms with Crippen molar-refractivity contribution in [2.75, 3.05) is 11.9 Å². The van der Waals surface area contributed by atoms with E-state index in [9.17, 15) is 0 Å². The van der Waals surface area contributed by atoms with E-state index in [4.69, 9.17) is 4.74 Å². The van der Waals surface area contributed by atoms with Gasteiger partial charge in [-0.15, -0.1) is 0 Å². The molecular weight excluding hydrogens is 176 g/mol. The Kier molecular flexibility index (Phi) is 2.68. The summed E-state index contributed by atoms with van der Waals surface area (Å²) in [5.74, 6) is 0. The number of anilines is 1. The lowest BCUT2D eigenvalue weighted by Crippen LogP contribution is -2.26. The standard InChI is InChI=1S/C11H16N2O/c1-8-3-4-10(7-12-8)13-11-5-6-14-9(11)2/h3-4,7,9,11,13H,5-6H2,1-2H3/t9-,11-/m0/s1. The van der Waals surface area contributed by atoms with Gasteiger partial charge in [-0.2, -0.15) is 0 Å². The van der Waals surface area contributed by atoms with E-state index < -0.39 is 0 Å². The minimum absolute atomic E-state index is 0.302. The summed E-state index contributed by atoms with van der Waals surface area (Å²) < 4.78 is 5.48. The van der Waals surface area contributed by atoms with E-state index in [-0.39, 0.29) is 0 Å². The van der Waals surface area contributed by atoms with Gasteiger partial charge >= 0.3 is 0 Å². The van der Waals surface area contributed by atoms with Crippen LogP contribution in [-0.4, -0.2) is 23.7 Å². The predicted octanol–water partition coefficient (Wildman–Crippen LogP) is 1.98. The Labute approximate surface area is 84.5 Å². The summed E-state index contributed by atoms with van der Waals surface area (Å²) >= 11 is 0. The van der Waals surface area contributed by atoms with Crippen LogP contribution in [-0.2, 0) is 4.74 Å². The zero-order chi connectivity index (χ0) is 9.97. The summed E-state index contributed by atoms with van der Waals surface area (Å²) in [7, 11) is 0. The maximum absolute atomic E-state index is 5.48. The van der Waals surface area contributed by atoms with Crippen LogP contribution in [0.25, 0.3) is 0 Å². The molecule has 0 aromatic carbocycles. The smallest absolute Gasteiger partial charge is 0.0748 e. The van der Waals surface area contributed by atoms with Gasteiger partial charge in [0.15, 0.2) is 0 Å². The molecule has 2 heterocycles. The van der Waals surface area contributed by atoms with Gasteiger partial charge in [0.1, 0.15) is 0 Å². The molecule has 2 rings (SSSR count). The number of hydrogen-bond donors (Lipinski definition) is 1. The Balaban J connectivity index is 2.00. The third-order valence-corrected chi connectivity index (χ3v) is 2.64. The molecule has 1 aliphatic heterocycles. The number of hydrogen-bond acceptors (Lipinski definition) is 3. The summed E-state index contributed by atoms with van der Waals surface area (Å²) in [6.45, 7) is 4.95. The highest BCUT2D eigenvalue weighted by atomic mass is 16.5. The molecule has 14 heavy (non-hydrogen) atoms. The summed E-state index contributed by atoms with van der Waals surface area (Å²) in [4.78, 5) is 4.24. The van der Waals surface area contributed by atoms with Gasteiger partial charge in [0.25, 0.3) is 0 Å². The highest BCUT2D eigenvalue weighted by Gasteiger charge is 2.23. The Morgan fingerprint density at radius 1 is 1.50 bits per heavy atom. The van der Waals surface area contributed by atoms with Crippen LogP contribution >= 0.6 is 0 Å². The molecule has 0 spiro atoms. The van der Waals surface area contributed by atoms with Crippen molar-refractivity contribution >= 4 is 5.69 Å². The number of nitrogens with zero attached hydrogens (tertiary/aromatic N) is 1. The average Bonchev–Trinajstić information content (AvgIpc) is 2.56. The zero-order valence-electron chi connectivity index (χ0n) is 8.66. The maximum atomic E-state index is 5.48. The fourth-order valence-electron chi connectivity index (χ4n) is 1.69. The predicted molar refractivity (Wildman–Crippen MR) is 56.4 cm³/mol. The van der Waals surface area contributed by atoms with E-state index in [1.54, 1.807) is 0 Å². The second-order valence-corrected chi connectivity index (χ2v) is 3.80. The Hall–Kier alpha value is -1.09. The van der Waals surface area contributed by atoms with Gasteiger partial charge in [-0.1, -0.05) is 0 Å². The van der Waals surface area contributed by atoms with Gasteiger partial charge in [0.05, 0.1) is 24.0 Å². The number of nitrogens with one attached hydrogen (secondary N) is 1. The van der Waals surface area contributed by atoms with Crippen LogP contribution in [0, 0.1) is 6.92 Å². The summed E-state index contributed by atoms with van der Waals surface area (Å²) in [5, 5.41) is 3.43. The summed E-state index contributed by atoms with van der Waals surface area (Å²) in [6, 6.07) is 4.51. The molecule has 0 aliphatic carbocycles. The van der Waals surface area contributed by atoms with Crippen molar-refractivity contribution in [2.24, 2.45) is 0 Å². The van der Waals surface area contributed by atoms with Crippen LogP contribution in [0.2, 0.25) is 0 Å². The molecule has 1 N–H and O–H groups in total. The molecule has 1 aliphatic rings. The molecule has 76 valence electrons. The van der Waals surface area contributed by atoms with Gasteiger partial charge in [-0.25, -0.2) is 0 Å². The van der Waals surface area contributed by atoms with Crippen LogP contribution in [0.4, 0.5) is 5.69 Å². The topological polar surface area (TPSA) is 34.1 Å². The first-order chi connectivity index (χ1) is 6.75. The van der Waals surface area contributed by atoms with Crippen molar-refractivity contribution in [2.45, 2.75) is 32.4 Å². The van der Waals surface area contributed by atoms with Gasteiger partial charge < -0.3 is 10.1 Å². The second kappa shape index (κ2) is 3.96. The van der Waals surface area contributed by atoms with Crippen molar-refractivity contribution in [3.63, 3.8) is 0 Å². The molecule has 1 saturated heterocycles. The third-order valence-electron chi connectivity index (χ3n) is 2.64. The Bertz CT molecular complexity index is 297. The first-order valence-corrected chi connectivity index (χ1v) is 5.06. The normalized spacial score (nSPS) is 26.4. The summed E-state index contributed by atoms with van der Waals surface area (Å²) in [6.07, 6.45) is 3.26. The van der Waals surface area contributed by atoms with Crippen molar-refractivity contribution in [3.8, 4) is 0 Å². The molecule has 3 nitrogen and oxygen atoms in total. The van der Waals surface area contributed by atoms with E-state index in [0.717, 1.165) is 24.4 Å². The van der Waals surface area contributed by atoms with Crippen LogP contribution in [0.3, 0.4) is 0 Å². The Morgan fingerprint density at radius 2 is 2.36 bits per heavy atom. The van der Waals surface area contributed by atoms with E-state index in [0.29, 0.717) is 12.1 Å². The number of rotatable bonds is 2. The average molecular weight is 192 g/mol. The third kappa shape index (κ3) is 2.04. The fourth-order valence-corrected chi connectivity index (χ4v) is 1.69. The highest BCUT2D eigenvalue weighted by molar-refractivity contribution is 5.42. The van der Waals surface area contributed by atoms with Crippen molar-refractivity contribution < 1.29 is 4.74 Å². The van der Waals surface area contributed by atoms with Crippen LogP contribution < -0.4 is 5.32 Å². The monoisotopic (exact) mass is 192 g/mol. The number of pyridine rings is 1. The first kappa shape index (κ1) is 9.46. The molecule has 0 unspecified atom stereocenters. The van der Waals surface area contributed by atoms with Crippen LogP contribution in [0.5, 0.6) is 0 Å². The first-order valence-electron chi connectivity index (χ1n) is 5.06. The number of aromatic nitrogens is 1. The van der Waals surface area contributed by atoms with Crippen molar-refractivity contribution in [3.05, 3.63) is 24.0 Å². The fraction of sp³-hybridized carbons (Fsp3) is 0.545. The lowest BCUT2D eigenvalue weighted by Gasteiger charge is -2.16. The van der Waals surface area contributed by atoms with E-state index >= 15 is 0 Å². The van der Waals surface area contributed by atoms with E-state index in [1.165, 1.54) is 0 Å². The van der Waals surface area contributed by atoms with E-state index in [1.807, 2.05) is 19.2 Å². The molecule has 3 heteroatoms. The van der Waals surface area contributed by atoms with E-state index in [2.05, 4.69) is 23.3 Å². The van der Waals surface area contributed by atoms with Gasteiger partial charge in [-0.05, 0) is 32.4 Å². The van der Waals surface area contributed by atoms with Crippen LogP contribution in [0.1, 0.15) is 19.0 Å². The molecule has 1 aromatic rings. The van der Waals surface area contributed by atoms with Gasteiger partial charge in [0, 0.05) is 12.3 Å². The minimum Gasteiger partial charge on any atom is -0.378 e. The van der Waals surface area contributed by atoms with Crippen LogP contribution in [0.15, 0.2) is 18.3 Å². The molecule has 0 saturated carbocycles. The van der Waals surface area contributed by atoms with Crippen molar-refractivity contribution in [1.29, 1.82) is 0 Å². The molecule has 1 fully saturated rings. The molecule has 0 bridgehead atoms. The zero-order valence-corrected chi connectivity index (χ0v) is 8.66. The quantitative estimate of drug-likeness (QED) is 0.778. The Morgan fingerprint density at radius 3 is 2.93 bits per heavy atom. The lowest BCUT2D eigenvalue weighted by atomic mass is 10.1. The number of ether oxygens (including phenoxy) is 1. The SMILES string of the molecule is Cc1ccc(N[C@H]2CCO[C@H]2C)cn1. The van der Waals surface area contributed by atoms with Crippen molar-refractivity contribution in [1.82, 2.24) is 4.98 Å². The number of aryl methyl sites for hydroxylation is 1. The lowest BCUT2D eigenvalue weighted by molar-refractivity contribution is 0.121. The maximum Gasteiger partial charge on any atom is 0.0748 e. The molecule has 2 atom stereocenters. The largest absolute Gasteiger partial charge is 0.378 e. The summed E-state index contributed by atoms with van der Waals surface area (Å²) in [5.41, 5.74) is 2.13.